The van der Waals surface area contributed by atoms with E-state index in [2.05, 4.69) is 55.2 Å². The van der Waals surface area contributed by atoms with E-state index in [0.717, 1.165) is 18.7 Å². The summed E-state index contributed by atoms with van der Waals surface area (Å²) in [6, 6.07) is 16.2. The Hall–Kier alpha value is -2.89. The lowest BCUT2D eigenvalue weighted by atomic mass is 9.99. The highest BCUT2D eigenvalue weighted by Crippen LogP contribution is 2.51. The van der Waals surface area contributed by atoms with E-state index in [9.17, 15) is 15.1 Å². The summed E-state index contributed by atoms with van der Waals surface area (Å²) < 4.78 is 23.8. The van der Waals surface area contributed by atoms with Gasteiger partial charge >= 0.3 is 7.60 Å². The fraction of sp³-hybridized carbons (Fsp3) is 0.484. The highest BCUT2D eigenvalue weighted by Gasteiger charge is 2.26. The standard InChI is InChI=1S/C31H42N3O3P/c1-5-9-11-19-34(20-12-10-6-2)31-17-14-26(15-18-31)13-16-27-21-29(24-33)30(22-28(27)23-32)25-38(35,36-7-3)37-8-4/h13-18,21-22H,5-12,19-20,25H2,1-4H3/b16-13+. The van der Waals surface area contributed by atoms with Gasteiger partial charge in [-0.1, -0.05) is 63.8 Å². The van der Waals surface area contributed by atoms with Gasteiger partial charge in [-0.05, 0) is 67.6 Å². The molecule has 0 bridgehead atoms. The Kier molecular flexibility index (Phi) is 13.9. The summed E-state index contributed by atoms with van der Waals surface area (Å²) in [5.41, 5.74) is 4.14. The number of nitriles is 2. The van der Waals surface area contributed by atoms with Gasteiger partial charge < -0.3 is 13.9 Å². The van der Waals surface area contributed by atoms with E-state index in [4.69, 9.17) is 9.05 Å². The van der Waals surface area contributed by atoms with Gasteiger partial charge in [0, 0.05) is 18.8 Å². The van der Waals surface area contributed by atoms with Gasteiger partial charge in [-0.15, -0.1) is 0 Å². The van der Waals surface area contributed by atoms with Gasteiger partial charge in [-0.25, -0.2) is 0 Å². The maximum absolute atomic E-state index is 13.0. The molecule has 0 fully saturated rings. The van der Waals surface area contributed by atoms with Crippen molar-refractivity contribution in [2.75, 3.05) is 31.2 Å². The second kappa shape index (κ2) is 16.8. The van der Waals surface area contributed by atoms with E-state index in [0.29, 0.717) is 22.3 Å². The maximum Gasteiger partial charge on any atom is 0.335 e. The molecule has 0 spiro atoms. The minimum atomic E-state index is -3.40. The van der Waals surface area contributed by atoms with Crippen LogP contribution in [0, 0.1) is 22.7 Å². The van der Waals surface area contributed by atoms with Gasteiger partial charge in [0.15, 0.2) is 0 Å². The van der Waals surface area contributed by atoms with Crippen molar-refractivity contribution in [2.45, 2.75) is 72.4 Å². The van der Waals surface area contributed by atoms with Gasteiger partial charge in [0.1, 0.15) is 0 Å². The summed E-state index contributed by atoms with van der Waals surface area (Å²) in [6.07, 6.45) is 11.0. The minimum Gasteiger partial charge on any atom is -0.372 e. The van der Waals surface area contributed by atoms with Crippen LogP contribution in [0.4, 0.5) is 5.69 Å². The molecule has 204 valence electrons. The van der Waals surface area contributed by atoms with Gasteiger partial charge in [0.2, 0.25) is 0 Å². The van der Waals surface area contributed by atoms with Gasteiger partial charge in [0.05, 0.1) is 42.6 Å². The van der Waals surface area contributed by atoms with Crippen LogP contribution in [0.1, 0.15) is 94.0 Å². The summed E-state index contributed by atoms with van der Waals surface area (Å²) in [6.45, 7) is 10.6. The minimum absolute atomic E-state index is 0.0509. The summed E-state index contributed by atoms with van der Waals surface area (Å²) >= 11 is 0. The summed E-state index contributed by atoms with van der Waals surface area (Å²) in [4.78, 5) is 2.48. The van der Waals surface area contributed by atoms with Crippen molar-refractivity contribution in [1.82, 2.24) is 0 Å². The third kappa shape index (κ3) is 9.77. The van der Waals surface area contributed by atoms with E-state index in [1.165, 1.54) is 44.2 Å². The number of nitrogens with zero attached hydrogens (tertiary/aromatic N) is 3. The third-order valence-electron chi connectivity index (χ3n) is 6.31. The molecule has 0 aliphatic rings. The van der Waals surface area contributed by atoms with Gasteiger partial charge in [-0.3, -0.25) is 4.57 Å². The van der Waals surface area contributed by atoms with E-state index >= 15 is 0 Å². The van der Waals surface area contributed by atoms with Crippen LogP contribution >= 0.6 is 7.60 Å². The van der Waals surface area contributed by atoms with Crippen LogP contribution in [-0.4, -0.2) is 26.3 Å². The lowest BCUT2D eigenvalue weighted by molar-refractivity contribution is 0.219. The molecular weight excluding hydrogens is 493 g/mol. The Morgan fingerprint density at radius 2 is 1.39 bits per heavy atom. The first kappa shape index (κ1) is 31.3. The second-order valence-electron chi connectivity index (χ2n) is 9.25. The SMILES string of the molecule is CCCCCN(CCCCC)c1ccc(/C=C/c2cc(C#N)c(CP(=O)(OCC)OCC)cc2C#N)cc1. The van der Waals surface area contributed by atoms with Crippen molar-refractivity contribution in [3.63, 3.8) is 0 Å². The molecule has 0 amide bonds. The van der Waals surface area contributed by atoms with Crippen molar-refractivity contribution in [2.24, 2.45) is 0 Å². The molecule has 2 rings (SSSR count). The first-order valence-electron chi connectivity index (χ1n) is 13.8. The van der Waals surface area contributed by atoms with Crippen molar-refractivity contribution in [1.29, 1.82) is 10.5 Å². The van der Waals surface area contributed by atoms with Crippen molar-refractivity contribution >= 4 is 25.4 Å². The van der Waals surface area contributed by atoms with Crippen LogP contribution in [-0.2, 0) is 19.8 Å². The average molecular weight is 536 g/mol. The largest absolute Gasteiger partial charge is 0.372 e. The molecule has 0 radical (unpaired) electrons. The quantitative estimate of drug-likeness (QED) is 0.115. The molecular formula is C31H42N3O3P. The summed E-state index contributed by atoms with van der Waals surface area (Å²) in [7, 11) is -3.40. The smallest absolute Gasteiger partial charge is 0.335 e. The van der Waals surface area contributed by atoms with Crippen molar-refractivity contribution in [3.05, 3.63) is 64.2 Å². The average Bonchev–Trinajstić information content (AvgIpc) is 2.92. The highest BCUT2D eigenvalue weighted by molar-refractivity contribution is 7.53. The molecule has 0 aliphatic carbocycles. The van der Waals surface area contributed by atoms with Crippen LogP contribution in [0.5, 0.6) is 0 Å². The molecule has 0 heterocycles. The zero-order valence-corrected chi connectivity index (χ0v) is 24.3. The van der Waals surface area contributed by atoms with E-state index in [-0.39, 0.29) is 19.4 Å². The van der Waals surface area contributed by atoms with Crippen LogP contribution in [0.25, 0.3) is 12.2 Å². The lowest BCUT2D eigenvalue weighted by Gasteiger charge is -2.25. The van der Waals surface area contributed by atoms with Crippen LogP contribution in [0.2, 0.25) is 0 Å². The maximum atomic E-state index is 13.0. The fourth-order valence-electron chi connectivity index (χ4n) is 4.32. The number of hydrogen-bond acceptors (Lipinski definition) is 6. The second-order valence-corrected chi connectivity index (χ2v) is 11.3. The van der Waals surface area contributed by atoms with Crippen molar-refractivity contribution in [3.8, 4) is 12.1 Å². The Bertz CT molecular complexity index is 1140. The summed E-state index contributed by atoms with van der Waals surface area (Å²) in [5, 5.41) is 19.5. The first-order valence-corrected chi connectivity index (χ1v) is 15.5. The number of unbranched alkanes of at least 4 members (excludes halogenated alkanes) is 4. The Balaban J connectivity index is 2.26. The van der Waals surface area contributed by atoms with Crippen molar-refractivity contribution < 1.29 is 13.6 Å². The molecule has 0 atom stereocenters. The highest BCUT2D eigenvalue weighted by atomic mass is 31.2. The molecule has 2 aromatic rings. The number of rotatable bonds is 17. The van der Waals surface area contributed by atoms with Crippen LogP contribution in [0.3, 0.4) is 0 Å². The van der Waals surface area contributed by atoms with E-state index < -0.39 is 7.60 Å². The Morgan fingerprint density at radius 3 is 1.89 bits per heavy atom. The van der Waals surface area contributed by atoms with Gasteiger partial charge in [0.25, 0.3) is 0 Å². The van der Waals surface area contributed by atoms with Gasteiger partial charge in [-0.2, -0.15) is 10.5 Å². The third-order valence-corrected chi connectivity index (χ3v) is 8.34. The lowest BCUT2D eigenvalue weighted by Crippen LogP contribution is -2.25. The molecule has 7 heteroatoms. The first-order chi connectivity index (χ1) is 18.4. The Labute approximate surface area is 229 Å². The molecule has 0 aromatic heterocycles. The van der Waals surface area contributed by atoms with E-state index in [1.54, 1.807) is 26.0 Å². The molecule has 2 aromatic carbocycles. The Morgan fingerprint density at radius 1 is 0.816 bits per heavy atom. The molecule has 38 heavy (non-hydrogen) atoms. The topological polar surface area (TPSA) is 86.3 Å². The molecule has 0 unspecified atom stereocenters. The molecule has 0 aliphatic heterocycles. The fourth-order valence-corrected chi connectivity index (χ4v) is 6.04. The zero-order chi connectivity index (χ0) is 27.8. The predicted molar refractivity (Wildman–Crippen MR) is 157 cm³/mol. The molecule has 6 nitrogen and oxygen atoms in total. The predicted octanol–water partition coefficient (Wildman–Crippen LogP) is 8.55. The van der Waals surface area contributed by atoms with Crippen LogP contribution < -0.4 is 4.90 Å². The number of hydrogen-bond donors (Lipinski definition) is 0. The number of anilines is 1. The van der Waals surface area contributed by atoms with Crippen LogP contribution in [0.15, 0.2) is 36.4 Å². The normalized spacial score (nSPS) is 11.4. The number of benzene rings is 2. The monoisotopic (exact) mass is 535 g/mol. The zero-order valence-electron chi connectivity index (χ0n) is 23.4. The molecule has 0 saturated carbocycles. The molecule has 0 N–H and O–H groups in total. The summed E-state index contributed by atoms with van der Waals surface area (Å²) in [5.74, 6) is 0. The van der Waals surface area contributed by atoms with E-state index in [1.807, 2.05) is 12.2 Å². The molecule has 0 saturated heterocycles.